The maximum absolute atomic E-state index is 12.4. The van der Waals surface area contributed by atoms with Crippen LogP contribution in [0, 0.1) is 0 Å². The third-order valence-corrected chi connectivity index (χ3v) is 4.61. The van der Waals surface area contributed by atoms with Gasteiger partial charge in [-0.1, -0.05) is 25.1 Å². The van der Waals surface area contributed by atoms with Crippen LogP contribution in [0.1, 0.15) is 29.3 Å². The molecule has 0 aliphatic rings. The standard InChI is InChI=1S/C18H23F3N4OS.HI/c1-3-14-10-23-16(27-14)11-25-17(22-4-2)24-9-13-7-5-6-8-15(13)26-12-18(19,20)21;/h5-8,10H,3-4,9,11-12H2,1-2H3,(H2,22,24,25);1H. The lowest BCUT2D eigenvalue weighted by Gasteiger charge is -2.13. The number of benzene rings is 1. The lowest BCUT2D eigenvalue weighted by Crippen LogP contribution is -2.36. The number of aromatic nitrogens is 1. The molecule has 0 bridgehead atoms. The average molecular weight is 528 g/mol. The van der Waals surface area contributed by atoms with Crippen molar-refractivity contribution in [1.29, 1.82) is 0 Å². The summed E-state index contributed by atoms with van der Waals surface area (Å²) in [6.45, 7) is 4.08. The van der Waals surface area contributed by atoms with E-state index in [2.05, 4.69) is 27.5 Å². The van der Waals surface area contributed by atoms with E-state index in [-0.39, 0.29) is 36.3 Å². The number of thiazole rings is 1. The average Bonchev–Trinajstić information content (AvgIpc) is 3.10. The largest absolute Gasteiger partial charge is 0.484 e. The first-order chi connectivity index (χ1) is 12.9. The number of ether oxygens (including phenoxy) is 1. The van der Waals surface area contributed by atoms with Crippen LogP contribution in [0.25, 0.3) is 0 Å². The number of nitrogens with zero attached hydrogens (tertiary/aromatic N) is 2. The zero-order valence-corrected chi connectivity index (χ0v) is 18.8. The number of halogens is 4. The summed E-state index contributed by atoms with van der Waals surface area (Å²) < 4.78 is 42.1. The first-order valence-corrected chi connectivity index (χ1v) is 9.46. The van der Waals surface area contributed by atoms with Gasteiger partial charge >= 0.3 is 6.18 Å². The van der Waals surface area contributed by atoms with Gasteiger partial charge in [0.25, 0.3) is 0 Å². The predicted molar refractivity (Wildman–Crippen MR) is 117 cm³/mol. The molecule has 0 spiro atoms. The van der Waals surface area contributed by atoms with E-state index in [0.29, 0.717) is 24.6 Å². The molecule has 1 heterocycles. The Morgan fingerprint density at radius 1 is 1.21 bits per heavy atom. The van der Waals surface area contributed by atoms with Crippen molar-refractivity contribution in [3.8, 4) is 5.75 Å². The fraction of sp³-hybridized carbons (Fsp3) is 0.444. The van der Waals surface area contributed by atoms with E-state index in [4.69, 9.17) is 4.74 Å². The number of nitrogens with one attached hydrogen (secondary N) is 2. The molecular formula is C18H24F3IN4OS. The highest BCUT2D eigenvalue weighted by atomic mass is 127. The highest BCUT2D eigenvalue weighted by Gasteiger charge is 2.28. The Labute approximate surface area is 183 Å². The van der Waals surface area contributed by atoms with Gasteiger partial charge in [-0.05, 0) is 19.4 Å². The number of rotatable bonds is 8. The first kappa shape index (κ1) is 24.5. The molecule has 2 N–H and O–H groups in total. The van der Waals surface area contributed by atoms with E-state index < -0.39 is 12.8 Å². The Morgan fingerprint density at radius 3 is 2.61 bits per heavy atom. The molecule has 156 valence electrons. The van der Waals surface area contributed by atoms with Gasteiger partial charge in [0.05, 0.1) is 13.1 Å². The first-order valence-electron chi connectivity index (χ1n) is 8.64. The van der Waals surface area contributed by atoms with Gasteiger partial charge < -0.3 is 15.4 Å². The molecule has 0 atom stereocenters. The van der Waals surface area contributed by atoms with Crippen molar-refractivity contribution in [3.63, 3.8) is 0 Å². The maximum atomic E-state index is 12.4. The third kappa shape index (κ3) is 8.63. The second-order valence-electron chi connectivity index (χ2n) is 5.63. The van der Waals surface area contributed by atoms with Crippen molar-refractivity contribution in [2.75, 3.05) is 13.2 Å². The molecule has 0 radical (unpaired) electrons. The summed E-state index contributed by atoms with van der Waals surface area (Å²) in [4.78, 5) is 10.00. The van der Waals surface area contributed by atoms with Crippen LogP contribution in [0.4, 0.5) is 13.2 Å². The number of hydrogen-bond donors (Lipinski definition) is 2. The molecule has 0 aliphatic heterocycles. The van der Waals surface area contributed by atoms with Gasteiger partial charge in [0.15, 0.2) is 12.6 Å². The van der Waals surface area contributed by atoms with Gasteiger partial charge in [-0.15, -0.1) is 35.3 Å². The molecule has 0 saturated heterocycles. The molecule has 0 unspecified atom stereocenters. The van der Waals surface area contributed by atoms with E-state index in [1.165, 1.54) is 10.9 Å². The monoisotopic (exact) mass is 528 g/mol. The predicted octanol–water partition coefficient (Wildman–Crippen LogP) is 4.52. The van der Waals surface area contributed by atoms with Crippen LogP contribution < -0.4 is 15.4 Å². The summed E-state index contributed by atoms with van der Waals surface area (Å²) in [7, 11) is 0. The molecule has 0 aliphatic carbocycles. The summed E-state index contributed by atoms with van der Waals surface area (Å²) in [5, 5.41) is 7.25. The number of aryl methyl sites for hydroxylation is 1. The van der Waals surface area contributed by atoms with Gasteiger partial charge in [-0.3, -0.25) is 0 Å². The molecule has 2 aromatic rings. The summed E-state index contributed by atoms with van der Waals surface area (Å²) >= 11 is 1.64. The van der Waals surface area contributed by atoms with Gasteiger partial charge in [-0.25, -0.2) is 9.98 Å². The Bertz CT molecular complexity index is 752. The van der Waals surface area contributed by atoms with E-state index in [0.717, 1.165) is 11.4 Å². The summed E-state index contributed by atoms with van der Waals surface area (Å²) in [6, 6.07) is 6.59. The summed E-state index contributed by atoms with van der Waals surface area (Å²) in [5.74, 6) is 0.748. The molecular weight excluding hydrogens is 504 g/mol. The lowest BCUT2D eigenvalue weighted by molar-refractivity contribution is -0.153. The zero-order chi connectivity index (χ0) is 19.7. The zero-order valence-electron chi connectivity index (χ0n) is 15.7. The Balaban J connectivity index is 0.00000392. The van der Waals surface area contributed by atoms with Gasteiger partial charge in [0.2, 0.25) is 0 Å². The molecule has 5 nitrogen and oxygen atoms in total. The van der Waals surface area contributed by atoms with Crippen LogP contribution in [0.2, 0.25) is 0 Å². The SMILES string of the molecule is CCNC(=NCc1ccccc1OCC(F)(F)F)NCc1ncc(CC)s1.I. The number of aliphatic imine (C=N–C) groups is 1. The Hall–Kier alpha value is -1.56. The van der Waals surface area contributed by atoms with Crippen LogP contribution in [-0.4, -0.2) is 30.3 Å². The lowest BCUT2D eigenvalue weighted by atomic mass is 10.2. The fourth-order valence-electron chi connectivity index (χ4n) is 2.19. The third-order valence-electron chi connectivity index (χ3n) is 3.47. The number of para-hydroxylation sites is 1. The maximum Gasteiger partial charge on any atom is 0.422 e. The molecule has 10 heteroatoms. The molecule has 28 heavy (non-hydrogen) atoms. The van der Waals surface area contributed by atoms with Crippen LogP contribution in [0.5, 0.6) is 5.75 Å². The highest BCUT2D eigenvalue weighted by Crippen LogP contribution is 2.22. The quantitative estimate of drug-likeness (QED) is 0.301. The minimum Gasteiger partial charge on any atom is -0.484 e. The van der Waals surface area contributed by atoms with E-state index in [1.807, 2.05) is 13.1 Å². The van der Waals surface area contributed by atoms with Crippen molar-refractivity contribution in [1.82, 2.24) is 15.6 Å². The molecule has 0 amide bonds. The van der Waals surface area contributed by atoms with Gasteiger partial charge in [0.1, 0.15) is 10.8 Å². The van der Waals surface area contributed by atoms with Crippen molar-refractivity contribution < 1.29 is 17.9 Å². The van der Waals surface area contributed by atoms with Crippen molar-refractivity contribution in [2.45, 2.75) is 39.5 Å². The second-order valence-corrected chi connectivity index (χ2v) is 6.83. The minimum absolute atomic E-state index is 0. The minimum atomic E-state index is -4.38. The number of guanidine groups is 1. The van der Waals surface area contributed by atoms with Crippen LogP contribution in [0.15, 0.2) is 35.5 Å². The molecule has 0 saturated carbocycles. The smallest absolute Gasteiger partial charge is 0.422 e. The normalized spacial score (nSPS) is 11.7. The van der Waals surface area contributed by atoms with Gasteiger partial charge in [0, 0.05) is 23.2 Å². The molecule has 1 aromatic carbocycles. The number of hydrogen-bond acceptors (Lipinski definition) is 4. The van der Waals surface area contributed by atoms with E-state index in [9.17, 15) is 13.2 Å². The highest BCUT2D eigenvalue weighted by molar-refractivity contribution is 14.0. The molecule has 2 rings (SSSR count). The van der Waals surface area contributed by atoms with Crippen LogP contribution in [-0.2, 0) is 19.5 Å². The Morgan fingerprint density at radius 2 is 1.96 bits per heavy atom. The second kappa shape index (κ2) is 12.1. The van der Waals surface area contributed by atoms with Crippen molar-refractivity contribution >= 4 is 41.3 Å². The van der Waals surface area contributed by atoms with Crippen LogP contribution >= 0.6 is 35.3 Å². The fourth-order valence-corrected chi connectivity index (χ4v) is 3.00. The van der Waals surface area contributed by atoms with Crippen molar-refractivity contribution in [2.24, 2.45) is 4.99 Å². The summed E-state index contributed by atoms with van der Waals surface area (Å²) in [6.07, 6.45) is -1.57. The molecule has 1 aromatic heterocycles. The van der Waals surface area contributed by atoms with Gasteiger partial charge in [-0.2, -0.15) is 13.2 Å². The number of alkyl halides is 3. The van der Waals surface area contributed by atoms with Crippen molar-refractivity contribution in [3.05, 3.63) is 45.9 Å². The summed E-state index contributed by atoms with van der Waals surface area (Å²) in [5.41, 5.74) is 0.585. The topological polar surface area (TPSA) is 58.5 Å². The molecule has 0 fully saturated rings. The Kier molecular flexibility index (Phi) is 10.6. The van der Waals surface area contributed by atoms with E-state index >= 15 is 0 Å². The van der Waals surface area contributed by atoms with Crippen LogP contribution in [0.3, 0.4) is 0 Å². The van der Waals surface area contributed by atoms with E-state index in [1.54, 1.807) is 29.5 Å².